The molecule has 2 rings (SSSR count). The monoisotopic (exact) mass is 414 g/mol. The molecular formula is C17H13Cl3N2O4. The Morgan fingerprint density at radius 2 is 1.73 bits per heavy atom. The second-order valence-electron chi connectivity index (χ2n) is 5.04. The van der Waals surface area contributed by atoms with Crippen molar-refractivity contribution in [2.75, 3.05) is 0 Å². The highest BCUT2D eigenvalue weighted by atomic mass is 35.6. The van der Waals surface area contributed by atoms with Gasteiger partial charge in [-0.2, -0.15) is 0 Å². The van der Waals surface area contributed by atoms with Crippen molar-refractivity contribution in [1.82, 2.24) is 5.32 Å². The van der Waals surface area contributed by atoms with E-state index in [1.54, 1.807) is 6.08 Å². The van der Waals surface area contributed by atoms with Crippen LogP contribution in [-0.4, -0.2) is 20.9 Å². The van der Waals surface area contributed by atoms with Crippen LogP contribution in [0, 0.1) is 10.1 Å². The van der Waals surface area contributed by atoms with E-state index in [1.807, 2.05) is 30.3 Å². The fourth-order valence-electron chi connectivity index (χ4n) is 1.87. The highest BCUT2D eigenvalue weighted by Gasteiger charge is 2.36. The topological polar surface area (TPSA) is 81.5 Å². The number of hydrogen-bond donors (Lipinski definition) is 1. The molecule has 1 amide bonds. The summed E-state index contributed by atoms with van der Waals surface area (Å²) in [7, 11) is 0. The molecular weight excluding hydrogens is 403 g/mol. The fourth-order valence-corrected chi connectivity index (χ4v) is 2.17. The molecule has 9 heteroatoms. The van der Waals surface area contributed by atoms with Crippen LogP contribution in [0.4, 0.5) is 5.69 Å². The molecule has 0 bridgehead atoms. The molecule has 0 aromatic heterocycles. The highest BCUT2D eigenvalue weighted by Crippen LogP contribution is 2.32. The van der Waals surface area contributed by atoms with E-state index in [0.717, 1.165) is 5.56 Å². The van der Waals surface area contributed by atoms with Crippen LogP contribution in [-0.2, 0) is 4.79 Å². The van der Waals surface area contributed by atoms with Gasteiger partial charge in [0.15, 0.2) is 0 Å². The van der Waals surface area contributed by atoms with Gasteiger partial charge in [-0.1, -0.05) is 65.1 Å². The Morgan fingerprint density at radius 3 is 2.27 bits per heavy atom. The summed E-state index contributed by atoms with van der Waals surface area (Å²) >= 11 is 17.6. The average Bonchev–Trinajstić information content (AvgIpc) is 2.60. The number of nitro groups is 1. The lowest BCUT2D eigenvalue weighted by Gasteiger charge is -2.25. The largest absolute Gasteiger partial charge is 0.466 e. The first-order valence-corrected chi connectivity index (χ1v) is 8.40. The van der Waals surface area contributed by atoms with Crippen LogP contribution in [0.15, 0.2) is 60.7 Å². The lowest BCUT2D eigenvalue weighted by Crippen LogP contribution is -2.47. The van der Waals surface area contributed by atoms with Crippen molar-refractivity contribution < 1.29 is 14.5 Å². The number of benzene rings is 2. The number of rotatable bonds is 6. The van der Waals surface area contributed by atoms with Gasteiger partial charge in [0, 0.05) is 18.2 Å². The van der Waals surface area contributed by atoms with E-state index in [0.29, 0.717) is 0 Å². The molecule has 6 nitrogen and oxygen atoms in total. The molecule has 1 unspecified atom stereocenters. The number of alkyl halides is 3. The zero-order chi connectivity index (χ0) is 19.2. The number of amides is 1. The molecule has 0 aliphatic rings. The predicted octanol–water partition coefficient (Wildman–Crippen LogP) is 4.50. The number of carbonyl (C=O) groups is 1. The average molecular weight is 416 g/mol. The van der Waals surface area contributed by atoms with Gasteiger partial charge < -0.3 is 10.1 Å². The van der Waals surface area contributed by atoms with Crippen LogP contribution in [0.5, 0.6) is 5.75 Å². The molecule has 0 fully saturated rings. The fraction of sp³-hybridized carbons (Fsp3) is 0.118. The molecule has 0 saturated carbocycles. The van der Waals surface area contributed by atoms with Gasteiger partial charge in [-0.3, -0.25) is 14.9 Å². The van der Waals surface area contributed by atoms with E-state index >= 15 is 0 Å². The third-order valence-electron chi connectivity index (χ3n) is 3.10. The summed E-state index contributed by atoms with van der Waals surface area (Å²) in [6.45, 7) is 0. The Morgan fingerprint density at radius 1 is 1.12 bits per heavy atom. The van der Waals surface area contributed by atoms with Gasteiger partial charge in [0.2, 0.25) is 15.9 Å². The summed E-state index contributed by atoms with van der Waals surface area (Å²) in [6.07, 6.45) is 1.57. The second kappa shape index (κ2) is 8.89. The molecule has 0 spiro atoms. The molecule has 0 radical (unpaired) electrons. The summed E-state index contributed by atoms with van der Waals surface area (Å²) in [5.74, 6) is -0.341. The van der Waals surface area contributed by atoms with E-state index in [9.17, 15) is 14.9 Å². The van der Waals surface area contributed by atoms with Crippen molar-refractivity contribution in [3.63, 3.8) is 0 Å². The van der Waals surface area contributed by atoms with Crippen molar-refractivity contribution in [3.8, 4) is 5.75 Å². The number of nitrogens with one attached hydrogen (secondary N) is 1. The number of ether oxygens (including phenoxy) is 1. The summed E-state index contributed by atoms with van der Waals surface area (Å²) < 4.78 is 3.49. The summed E-state index contributed by atoms with van der Waals surface area (Å²) in [6, 6.07) is 14.3. The third kappa shape index (κ3) is 6.22. The first-order valence-electron chi connectivity index (χ1n) is 7.27. The highest BCUT2D eigenvalue weighted by molar-refractivity contribution is 6.68. The molecule has 0 aliphatic heterocycles. The SMILES string of the molecule is O=C(/C=C\c1ccccc1)NC(Oc1ccc([N+](=O)[O-])cc1)C(Cl)(Cl)Cl. The maximum absolute atomic E-state index is 12.1. The van der Waals surface area contributed by atoms with E-state index < -0.39 is 20.9 Å². The summed E-state index contributed by atoms with van der Waals surface area (Å²) in [5, 5.41) is 13.1. The van der Waals surface area contributed by atoms with Crippen LogP contribution < -0.4 is 10.1 Å². The van der Waals surface area contributed by atoms with Gasteiger partial charge in [-0.05, 0) is 23.8 Å². The van der Waals surface area contributed by atoms with Crippen LogP contribution in [0.3, 0.4) is 0 Å². The molecule has 0 heterocycles. The Hall–Kier alpha value is -2.28. The lowest BCUT2D eigenvalue weighted by atomic mass is 10.2. The van der Waals surface area contributed by atoms with Crippen LogP contribution >= 0.6 is 34.8 Å². The molecule has 136 valence electrons. The first kappa shape index (κ1) is 20.0. The number of nitro benzene ring substituents is 1. The molecule has 26 heavy (non-hydrogen) atoms. The van der Waals surface area contributed by atoms with E-state index in [4.69, 9.17) is 39.5 Å². The van der Waals surface area contributed by atoms with E-state index in [1.165, 1.54) is 30.3 Å². The van der Waals surface area contributed by atoms with Crippen LogP contribution in [0.25, 0.3) is 6.08 Å². The second-order valence-corrected chi connectivity index (χ2v) is 7.41. The molecule has 0 saturated heterocycles. The minimum absolute atomic E-state index is 0.113. The minimum Gasteiger partial charge on any atom is -0.466 e. The van der Waals surface area contributed by atoms with Gasteiger partial charge in [0.25, 0.3) is 5.69 Å². The number of hydrogen-bond acceptors (Lipinski definition) is 4. The normalized spacial score (nSPS) is 12.6. The van der Waals surface area contributed by atoms with E-state index in [-0.39, 0.29) is 11.4 Å². The number of nitrogens with zero attached hydrogens (tertiary/aromatic N) is 1. The molecule has 2 aromatic carbocycles. The molecule has 1 N–H and O–H groups in total. The quantitative estimate of drug-likeness (QED) is 0.248. The van der Waals surface area contributed by atoms with Crippen molar-refractivity contribution in [2.45, 2.75) is 10.0 Å². The Kier molecular flexibility index (Phi) is 6.85. The van der Waals surface area contributed by atoms with Crippen molar-refractivity contribution >= 4 is 52.5 Å². The Bertz CT molecular complexity index is 790. The summed E-state index contributed by atoms with van der Waals surface area (Å²) in [5.41, 5.74) is 0.710. The zero-order valence-electron chi connectivity index (χ0n) is 13.1. The minimum atomic E-state index is -1.96. The maximum Gasteiger partial charge on any atom is 0.269 e. The number of carbonyl (C=O) groups excluding carboxylic acids is 1. The van der Waals surface area contributed by atoms with Gasteiger partial charge in [0.1, 0.15) is 5.75 Å². The van der Waals surface area contributed by atoms with Crippen LogP contribution in [0.2, 0.25) is 0 Å². The van der Waals surface area contributed by atoms with E-state index in [2.05, 4.69) is 5.32 Å². The third-order valence-corrected chi connectivity index (χ3v) is 3.69. The number of non-ortho nitro benzene ring substituents is 1. The first-order chi connectivity index (χ1) is 12.3. The molecule has 1 atom stereocenters. The Labute approximate surface area is 164 Å². The number of halogens is 3. The van der Waals surface area contributed by atoms with Crippen molar-refractivity contribution in [2.24, 2.45) is 0 Å². The molecule has 2 aromatic rings. The zero-order valence-corrected chi connectivity index (χ0v) is 15.4. The lowest BCUT2D eigenvalue weighted by molar-refractivity contribution is -0.384. The maximum atomic E-state index is 12.1. The smallest absolute Gasteiger partial charge is 0.269 e. The van der Waals surface area contributed by atoms with Crippen molar-refractivity contribution in [1.29, 1.82) is 0 Å². The van der Waals surface area contributed by atoms with Gasteiger partial charge in [0.05, 0.1) is 4.92 Å². The van der Waals surface area contributed by atoms with Gasteiger partial charge >= 0.3 is 0 Å². The molecule has 0 aliphatic carbocycles. The van der Waals surface area contributed by atoms with Crippen molar-refractivity contribution in [3.05, 3.63) is 76.4 Å². The predicted molar refractivity (Wildman–Crippen MR) is 101 cm³/mol. The standard InChI is InChI=1S/C17H13Cl3N2O4/c18-17(19,20)16(26-14-9-7-13(8-10-14)22(24)25)21-15(23)11-6-12-4-2-1-3-5-12/h1-11,16H,(H,21,23)/b11-6-. The van der Waals surface area contributed by atoms with Gasteiger partial charge in [-0.15, -0.1) is 0 Å². The Balaban J connectivity index is 2.06. The van der Waals surface area contributed by atoms with Gasteiger partial charge in [-0.25, -0.2) is 0 Å². The van der Waals surface area contributed by atoms with Crippen LogP contribution in [0.1, 0.15) is 5.56 Å². The summed E-state index contributed by atoms with van der Waals surface area (Å²) in [4.78, 5) is 22.2.